The molecule has 7 nitrogen and oxygen atoms in total. The molecule has 2 aromatic rings. The average molecular weight is 355 g/mol. The number of nitriles is 1. The topological polar surface area (TPSA) is 93.3 Å². The monoisotopic (exact) mass is 355 g/mol. The molecule has 2 heterocycles. The van der Waals surface area contributed by atoms with Gasteiger partial charge in [-0.15, -0.1) is 0 Å². The molecule has 1 N–H and O–H groups in total. The first-order valence-electron chi connectivity index (χ1n) is 8.20. The predicted octanol–water partition coefficient (Wildman–Crippen LogP) is 1.74. The number of piperazine rings is 1. The largest absolute Gasteiger partial charge is 0.480 e. The number of carboxylic acid groups (broad SMARTS) is 1. The third kappa shape index (κ3) is 3.48. The van der Waals surface area contributed by atoms with Gasteiger partial charge in [0.1, 0.15) is 17.9 Å². The van der Waals surface area contributed by atoms with E-state index in [0.29, 0.717) is 43.1 Å². The SMILES string of the molecule is Cc1cc([C@@H](C(=O)O)N2CCN(c3nccnc3C#N)CC2)ccc1F. The van der Waals surface area contributed by atoms with Crippen LogP contribution >= 0.6 is 0 Å². The highest BCUT2D eigenvalue weighted by atomic mass is 19.1. The Bertz CT molecular complexity index is 859. The summed E-state index contributed by atoms with van der Waals surface area (Å²) in [5, 5.41) is 18.9. The van der Waals surface area contributed by atoms with Gasteiger partial charge in [-0.3, -0.25) is 9.69 Å². The second-order valence-corrected chi connectivity index (χ2v) is 6.11. The van der Waals surface area contributed by atoms with E-state index < -0.39 is 12.0 Å². The van der Waals surface area contributed by atoms with Crippen LogP contribution in [0.15, 0.2) is 30.6 Å². The third-order valence-electron chi connectivity index (χ3n) is 4.50. The van der Waals surface area contributed by atoms with Gasteiger partial charge in [-0.1, -0.05) is 12.1 Å². The maximum absolute atomic E-state index is 13.5. The summed E-state index contributed by atoms with van der Waals surface area (Å²) in [5.41, 5.74) is 1.23. The Morgan fingerprint density at radius 3 is 2.58 bits per heavy atom. The van der Waals surface area contributed by atoms with E-state index in [1.54, 1.807) is 13.0 Å². The van der Waals surface area contributed by atoms with Crippen LogP contribution in [0.25, 0.3) is 0 Å². The number of halogens is 1. The van der Waals surface area contributed by atoms with E-state index in [4.69, 9.17) is 5.26 Å². The number of rotatable bonds is 4. The first-order valence-corrected chi connectivity index (χ1v) is 8.20. The maximum atomic E-state index is 13.5. The summed E-state index contributed by atoms with van der Waals surface area (Å²) >= 11 is 0. The number of aryl methyl sites for hydroxylation is 1. The first kappa shape index (κ1) is 17.8. The highest BCUT2D eigenvalue weighted by molar-refractivity contribution is 5.75. The van der Waals surface area contributed by atoms with Crippen LogP contribution in [-0.4, -0.2) is 52.1 Å². The molecule has 1 aromatic heterocycles. The molecule has 134 valence electrons. The van der Waals surface area contributed by atoms with Crippen molar-refractivity contribution in [2.75, 3.05) is 31.1 Å². The Morgan fingerprint density at radius 1 is 1.27 bits per heavy atom. The molecule has 0 unspecified atom stereocenters. The number of carboxylic acids is 1. The van der Waals surface area contributed by atoms with Crippen molar-refractivity contribution in [3.63, 3.8) is 0 Å². The Morgan fingerprint density at radius 2 is 1.96 bits per heavy atom. The highest BCUT2D eigenvalue weighted by Gasteiger charge is 2.31. The molecule has 0 spiro atoms. The zero-order chi connectivity index (χ0) is 18.7. The summed E-state index contributed by atoms with van der Waals surface area (Å²) < 4.78 is 13.5. The van der Waals surface area contributed by atoms with E-state index in [-0.39, 0.29) is 11.5 Å². The van der Waals surface area contributed by atoms with Gasteiger partial charge in [0.2, 0.25) is 0 Å². The predicted molar refractivity (Wildman–Crippen MR) is 92.0 cm³/mol. The van der Waals surface area contributed by atoms with Crippen molar-refractivity contribution in [1.82, 2.24) is 14.9 Å². The first-order chi connectivity index (χ1) is 12.5. The van der Waals surface area contributed by atoms with Crippen molar-refractivity contribution >= 4 is 11.8 Å². The molecule has 0 amide bonds. The van der Waals surface area contributed by atoms with Crippen LogP contribution in [-0.2, 0) is 4.79 Å². The summed E-state index contributed by atoms with van der Waals surface area (Å²) in [7, 11) is 0. The Balaban J connectivity index is 1.77. The van der Waals surface area contributed by atoms with Crippen molar-refractivity contribution < 1.29 is 14.3 Å². The van der Waals surface area contributed by atoms with E-state index in [9.17, 15) is 14.3 Å². The number of aromatic nitrogens is 2. The van der Waals surface area contributed by atoms with Gasteiger partial charge in [0, 0.05) is 38.6 Å². The molecule has 1 aliphatic rings. The number of hydrogen-bond acceptors (Lipinski definition) is 6. The molecule has 1 atom stereocenters. The molecule has 0 bridgehead atoms. The molecule has 26 heavy (non-hydrogen) atoms. The van der Waals surface area contributed by atoms with Crippen LogP contribution in [0, 0.1) is 24.1 Å². The van der Waals surface area contributed by atoms with Gasteiger partial charge in [-0.2, -0.15) is 5.26 Å². The molecule has 1 saturated heterocycles. The minimum atomic E-state index is -0.971. The minimum absolute atomic E-state index is 0.255. The number of anilines is 1. The second-order valence-electron chi connectivity index (χ2n) is 6.11. The number of hydrogen-bond donors (Lipinski definition) is 1. The Hall–Kier alpha value is -3.05. The van der Waals surface area contributed by atoms with Crippen LogP contribution in [0.2, 0.25) is 0 Å². The van der Waals surface area contributed by atoms with Crippen LogP contribution in [0.3, 0.4) is 0 Å². The molecular weight excluding hydrogens is 337 g/mol. The summed E-state index contributed by atoms with van der Waals surface area (Å²) in [6.45, 7) is 3.63. The van der Waals surface area contributed by atoms with E-state index in [2.05, 4.69) is 9.97 Å². The van der Waals surface area contributed by atoms with Gasteiger partial charge >= 0.3 is 5.97 Å². The molecule has 0 aliphatic carbocycles. The van der Waals surface area contributed by atoms with Gasteiger partial charge in [-0.25, -0.2) is 14.4 Å². The van der Waals surface area contributed by atoms with Crippen LogP contribution in [0.4, 0.5) is 10.2 Å². The van der Waals surface area contributed by atoms with Gasteiger partial charge in [0.25, 0.3) is 0 Å². The summed E-state index contributed by atoms with van der Waals surface area (Å²) in [5.74, 6) is -0.810. The number of nitrogens with zero attached hydrogens (tertiary/aromatic N) is 5. The number of carbonyl (C=O) groups is 1. The molecule has 1 aromatic carbocycles. The second kappa shape index (κ2) is 7.45. The zero-order valence-corrected chi connectivity index (χ0v) is 14.3. The summed E-state index contributed by atoms with van der Waals surface area (Å²) in [6, 6.07) is 5.58. The smallest absolute Gasteiger partial charge is 0.325 e. The zero-order valence-electron chi connectivity index (χ0n) is 14.3. The summed E-state index contributed by atoms with van der Waals surface area (Å²) in [4.78, 5) is 23.8. The normalized spacial score (nSPS) is 16.1. The van der Waals surface area contributed by atoms with E-state index in [0.717, 1.165) is 0 Å². The van der Waals surface area contributed by atoms with Crippen LogP contribution < -0.4 is 4.90 Å². The molecule has 1 aliphatic heterocycles. The van der Waals surface area contributed by atoms with E-state index in [1.165, 1.54) is 24.5 Å². The van der Waals surface area contributed by atoms with E-state index in [1.807, 2.05) is 15.9 Å². The lowest BCUT2D eigenvalue weighted by Gasteiger charge is -2.38. The van der Waals surface area contributed by atoms with Gasteiger partial charge < -0.3 is 10.0 Å². The average Bonchev–Trinajstić information content (AvgIpc) is 2.65. The Kier molecular flexibility index (Phi) is 5.09. The van der Waals surface area contributed by atoms with Crippen molar-refractivity contribution in [2.45, 2.75) is 13.0 Å². The van der Waals surface area contributed by atoms with Crippen molar-refractivity contribution in [1.29, 1.82) is 5.26 Å². The quantitative estimate of drug-likeness (QED) is 0.893. The molecule has 0 radical (unpaired) electrons. The van der Waals surface area contributed by atoms with Crippen molar-refractivity contribution in [2.24, 2.45) is 0 Å². The fourth-order valence-electron chi connectivity index (χ4n) is 3.18. The molecule has 8 heteroatoms. The minimum Gasteiger partial charge on any atom is -0.480 e. The maximum Gasteiger partial charge on any atom is 0.325 e. The lowest BCUT2D eigenvalue weighted by molar-refractivity contribution is -0.143. The molecule has 1 fully saturated rings. The fraction of sp³-hybridized carbons (Fsp3) is 0.333. The van der Waals surface area contributed by atoms with Gasteiger partial charge in [0.15, 0.2) is 11.5 Å². The lowest BCUT2D eigenvalue weighted by Crippen LogP contribution is -2.49. The van der Waals surface area contributed by atoms with Crippen LogP contribution in [0.1, 0.15) is 22.9 Å². The number of aliphatic carboxylic acids is 1. The third-order valence-corrected chi connectivity index (χ3v) is 4.50. The molecule has 0 saturated carbocycles. The van der Waals surface area contributed by atoms with Gasteiger partial charge in [-0.05, 0) is 24.1 Å². The van der Waals surface area contributed by atoms with Crippen molar-refractivity contribution in [3.05, 3.63) is 53.2 Å². The molecular formula is C18H18FN5O2. The summed E-state index contributed by atoms with van der Waals surface area (Å²) in [6.07, 6.45) is 3.00. The molecule has 3 rings (SSSR count). The Labute approximate surface area is 150 Å². The highest BCUT2D eigenvalue weighted by Crippen LogP contribution is 2.26. The van der Waals surface area contributed by atoms with Crippen molar-refractivity contribution in [3.8, 4) is 6.07 Å². The lowest BCUT2D eigenvalue weighted by atomic mass is 10.0. The fourth-order valence-corrected chi connectivity index (χ4v) is 3.18. The number of benzene rings is 1. The van der Waals surface area contributed by atoms with Gasteiger partial charge in [0.05, 0.1) is 0 Å². The van der Waals surface area contributed by atoms with E-state index >= 15 is 0 Å². The van der Waals surface area contributed by atoms with Crippen LogP contribution in [0.5, 0.6) is 0 Å². The standard InChI is InChI=1S/C18H18FN5O2/c1-12-10-13(2-3-14(12)19)16(18(25)26)23-6-8-24(9-7-23)17-15(11-20)21-4-5-22-17/h2-5,10,16H,6-9H2,1H3,(H,25,26)/t16-/m0/s1.